The number of aromatic nitrogens is 3. The van der Waals surface area contributed by atoms with Crippen LogP contribution in [-0.2, 0) is 9.59 Å². The van der Waals surface area contributed by atoms with Crippen molar-refractivity contribution in [1.82, 2.24) is 19.9 Å². The number of ketones is 1. The van der Waals surface area contributed by atoms with E-state index >= 15 is 0 Å². The standard InChI is InChI=1S/C25H22N6O3S/c1-15-12-29(25-21(26-14-35-25)23-27-17-7-3-4-8-18(17)28-23)10-11-30(15)20(32)13-31-19-9-5-2-6-16(19)22(33)24(31)34/h2-9,14-15H,10-13H2,1H3,(H,27,28). The highest BCUT2D eigenvalue weighted by molar-refractivity contribution is 7.14. The van der Waals surface area contributed by atoms with Gasteiger partial charge in [0.25, 0.3) is 11.7 Å². The van der Waals surface area contributed by atoms with Crippen LogP contribution in [0.4, 0.5) is 10.7 Å². The number of carbonyl (C=O) groups excluding carboxylic acids is 3. The molecule has 1 unspecified atom stereocenters. The normalized spacial score (nSPS) is 18.0. The largest absolute Gasteiger partial charge is 0.358 e. The van der Waals surface area contributed by atoms with Crippen LogP contribution in [0.1, 0.15) is 17.3 Å². The van der Waals surface area contributed by atoms with Crippen LogP contribution in [0.15, 0.2) is 54.0 Å². The van der Waals surface area contributed by atoms with Gasteiger partial charge in [0.1, 0.15) is 17.2 Å². The lowest BCUT2D eigenvalue weighted by Gasteiger charge is -2.41. The number of fused-ring (bicyclic) bond motifs is 2. The fraction of sp³-hybridized carbons (Fsp3) is 0.240. The first-order valence-electron chi connectivity index (χ1n) is 11.4. The van der Waals surface area contributed by atoms with Gasteiger partial charge < -0.3 is 14.8 Å². The van der Waals surface area contributed by atoms with E-state index in [1.165, 1.54) is 4.90 Å². The Hall–Kier alpha value is -4.05. The van der Waals surface area contributed by atoms with Crippen LogP contribution >= 0.6 is 11.3 Å². The third-order valence-corrected chi connectivity index (χ3v) is 7.46. The van der Waals surface area contributed by atoms with Gasteiger partial charge in [-0.05, 0) is 31.2 Å². The number of nitrogens with one attached hydrogen (secondary N) is 1. The molecule has 0 aliphatic carbocycles. The lowest BCUT2D eigenvalue weighted by atomic mass is 10.1. The molecule has 0 saturated carbocycles. The van der Waals surface area contributed by atoms with Crippen molar-refractivity contribution in [3.8, 4) is 11.5 Å². The fourth-order valence-corrected chi connectivity index (χ4v) is 5.67. The highest BCUT2D eigenvalue weighted by Crippen LogP contribution is 2.35. The Morgan fingerprint density at radius 3 is 2.74 bits per heavy atom. The van der Waals surface area contributed by atoms with Crippen molar-refractivity contribution in [2.75, 3.05) is 36.0 Å². The molecule has 2 aromatic heterocycles. The third-order valence-electron chi connectivity index (χ3n) is 6.57. The van der Waals surface area contributed by atoms with Crippen LogP contribution < -0.4 is 9.80 Å². The number of anilines is 2. The molecule has 2 aliphatic heterocycles. The molecule has 2 aliphatic rings. The monoisotopic (exact) mass is 486 g/mol. The molecule has 6 rings (SSSR count). The summed E-state index contributed by atoms with van der Waals surface area (Å²) in [5.41, 5.74) is 5.32. The highest BCUT2D eigenvalue weighted by Gasteiger charge is 2.38. The second-order valence-electron chi connectivity index (χ2n) is 8.73. The van der Waals surface area contributed by atoms with Crippen LogP contribution in [-0.4, -0.2) is 69.7 Å². The molecule has 1 atom stereocenters. The number of amides is 2. The van der Waals surface area contributed by atoms with E-state index in [2.05, 4.69) is 14.9 Å². The van der Waals surface area contributed by atoms with Crippen molar-refractivity contribution in [3.05, 3.63) is 59.6 Å². The summed E-state index contributed by atoms with van der Waals surface area (Å²) in [5, 5.41) is 1.01. The highest BCUT2D eigenvalue weighted by atomic mass is 32.1. The number of aromatic amines is 1. The number of nitrogens with zero attached hydrogens (tertiary/aromatic N) is 5. The van der Waals surface area contributed by atoms with E-state index in [4.69, 9.17) is 4.98 Å². The Labute approximate surface area is 205 Å². The number of rotatable bonds is 4. The van der Waals surface area contributed by atoms with Crippen LogP contribution in [0.5, 0.6) is 0 Å². The minimum absolute atomic E-state index is 0.0782. The molecule has 2 aromatic carbocycles. The van der Waals surface area contributed by atoms with Crippen molar-refractivity contribution < 1.29 is 14.4 Å². The van der Waals surface area contributed by atoms with Gasteiger partial charge in [0.05, 0.1) is 27.8 Å². The van der Waals surface area contributed by atoms with Crippen LogP contribution in [0.3, 0.4) is 0 Å². The maximum atomic E-state index is 13.2. The number of hydrogen-bond acceptors (Lipinski definition) is 7. The topological polar surface area (TPSA) is 102 Å². The van der Waals surface area contributed by atoms with E-state index in [1.807, 2.05) is 36.7 Å². The first-order chi connectivity index (χ1) is 17.0. The van der Waals surface area contributed by atoms with E-state index < -0.39 is 11.7 Å². The van der Waals surface area contributed by atoms with Gasteiger partial charge in [0, 0.05) is 25.7 Å². The van der Waals surface area contributed by atoms with Crippen LogP contribution in [0.25, 0.3) is 22.6 Å². The van der Waals surface area contributed by atoms with E-state index in [0.29, 0.717) is 30.9 Å². The van der Waals surface area contributed by atoms with Crippen molar-refractivity contribution in [3.63, 3.8) is 0 Å². The summed E-state index contributed by atoms with van der Waals surface area (Å²) >= 11 is 1.55. The summed E-state index contributed by atoms with van der Waals surface area (Å²) in [5.74, 6) is -0.651. The second kappa shape index (κ2) is 8.31. The number of H-pyrrole nitrogens is 1. The van der Waals surface area contributed by atoms with E-state index in [-0.39, 0.29) is 18.5 Å². The molecule has 176 valence electrons. The van der Waals surface area contributed by atoms with Crippen molar-refractivity contribution in [2.24, 2.45) is 0 Å². The molecular formula is C25H22N6O3S. The number of Topliss-reactive ketones (excluding diaryl/α,β-unsaturated/α-hetero) is 1. The van der Waals surface area contributed by atoms with Crippen LogP contribution in [0.2, 0.25) is 0 Å². The van der Waals surface area contributed by atoms with E-state index in [1.54, 1.807) is 40.5 Å². The molecule has 1 fully saturated rings. The molecule has 1 N–H and O–H groups in total. The quantitative estimate of drug-likeness (QED) is 0.445. The van der Waals surface area contributed by atoms with Crippen molar-refractivity contribution in [1.29, 1.82) is 0 Å². The second-order valence-corrected chi connectivity index (χ2v) is 9.56. The molecule has 4 heterocycles. The molecule has 35 heavy (non-hydrogen) atoms. The summed E-state index contributed by atoms with van der Waals surface area (Å²) in [7, 11) is 0. The van der Waals surface area contributed by atoms with Gasteiger partial charge in [0.2, 0.25) is 5.91 Å². The minimum Gasteiger partial charge on any atom is -0.358 e. The minimum atomic E-state index is -0.647. The number of benzene rings is 2. The van der Waals surface area contributed by atoms with Gasteiger partial charge in [-0.3, -0.25) is 19.3 Å². The average Bonchev–Trinajstić information content (AvgIpc) is 3.58. The Bertz CT molecular complexity index is 1440. The summed E-state index contributed by atoms with van der Waals surface area (Å²) in [6.45, 7) is 3.63. The SMILES string of the molecule is CC1CN(c2scnc2-c2nc3ccccc3[nH]2)CCN1C(=O)CN1C(=O)C(=O)c2ccccc21. The number of imidazole rings is 1. The maximum Gasteiger partial charge on any atom is 0.299 e. The third kappa shape index (κ3) is 3.57. The molecule has 10 heteroatoms. The summed E-state index contributed by atoms with van der Waals surface area (Å²) in [4.78, 5) is 55.9. The average molecular weight is 487 g/mol. The van der Waals surface area contributed by atoms with Crippen molar-refractivity contribution >= 4 is 50.7 Å². The lowest BCUT2D eigenvalue weighted by Crippen LogP contribution is -2.56. The number of thiazole rings is 1. The first kappa shape index (κ1) is 21.5. The number of carbonyl (C=O) groups is 3. The predicted molar refractivity (Wildman–Crippen MR) is 134 cm³/mol. The summed E-state index contributed by atoms with van der Waals surface area (Å²) < 4.78 is 0. The number of para-hydroxylation sites is 3. The number of piperazine rings is 1. The smallest absolute Gasteiger partial charge is 0.299 e. The number of hydrogen-bond donors (Lipinski definition) is 1. The Kier molecular flexibility index (Phi) is 5.10. The Morgan fingerprint density at radius 1 is 1.11 bits per heavy atom. The zero-order chi connectivity index (χ0) is 24.1. The van der Waals surface area contributed by atoms with Gasteiger partial charge in [0.15, 0.2) is 5.82 Å². The van der Waals surface area contributed by atoms with Crippen molar-refractivity contribution in [2.45, 2.75) is 13.0 Å². The fourth-order valence-electron chi connectivity index (χ4n) is 4.84. The Morgan fingerprint density at radius 2 is 1.91 bits per heavy atom. The lowest BCUT2D eigenvalue weighted by molar-refractivity contribution is -0.133. The maximum absolute atomic E-state index is 13.2. The molecule has 4 aromatic rings. The molecule has 0 radical (unpaired) electrons. The zero-order valence-corrected chi connectivity index (χ0v) is 19.8. The van der Waals surface area contributed by atoms with Gasteiger partial charge in [-0.2, -0.15) is 0 Å². The van der Waals surface area contributed by atoms with Gasteiger partial charge >= 0.3 is 0 Å². The van der Waals surface area contributed by atoms with Gasteiger partial charge in [-0.25, -0.2) is 9.97 Å². The van der Waals surface area contributed by atoms with E-state index in [0.717, 1.165) is 27.6 Å². The molecule has 9 nitrogen and oxygen atoms in total. The summed E-state index contributed by atoms with van der Waals surface area (Å²) in [6, 6.07) is 14.6. The van der Waals surface area contributed by atoms with Gasteiger partial charge in [-0.1, -0.05) is 24.3 Å². The molecule has 0 spiro atoms. The Balaban J connectivity index is 1.17. The molecular weight excluding hydrogens is 464 g/mol. The molecule has 1 saturated heterocycles. The summed E-state index contributed by atoms with van der Waals surface area (Å²) in [6.07, 6.45) is 0. The molecule has 0 bridgehead atoms. The first-order valence-corrected chi connectivity index (χ1v) is 12.3. The molecule has 2 amide bonds. The van der Waals surface area contributed by atoms with Gasteiger partial charge in [-0.15, -0.1) is 11.3 Å². The van der Waals surface area contributed by atoms with Crippen LogP contribution in [0, 0.1) is 0 Å². The predicted octanol–water partition coefficient (Wildman–Crippen LogP) is 2.95. The zero-order valence-electron chi connectivity index (χ0n) is 19.0. The van der Waals surface area contributed by atoms with E-state index in [9.17, 15) is 14.4 Å².